The van der Waals surface area contributed by atoms with E-state index in [0.29, 0.717) is 0 Å². The Hall–Kier alpha value is -1.15. The summed E-state index contributed by atoms with van der Waals surface area (Å²) >= 11 is 0. The van der Waals surface area contributed by atoms with Crippen LogP contribution in [0.15, 0.2) is 29.4 Å². The van der Waals surface area contributed by atoms with E-state index in [0.717, 1.165) is 12.3 Å². The summed E-state index contributed by atoms with van der Waals surface area (Å²) < 4.78 is 61.0. The van der Waals surface area contributed by atoms with Crippen LogP contribution in [-0.4, -0.2) is 26.2 Å². The maximum Gasteiger partial charge on any atom is 0.413 e. The van der Waals surface area contributed by atoms with Gasteiger partial charge in [-0.25, -0.2) is 4.98 Å². The fourth-order valence-corrected chi connectivity index (χ4v) is 1.54. The first-order valence-corrected chi connectivity index (χ1v) is 5.09. The molecule has 0 bridgehead atoms. The molecule has 0 unspecified atom stereocenters. The van der Waals surface area contributed by atoms with Crippen molar-refractivity contribution in [2.45, 2.75) is 11.2 Å². The van der Waals surface area contributed by atoms with E-state index >= 15 is 0 Å². The van der Waals surface area contributed by atoms with Crippen molar-refractivity contribution in [3.8, 4) is 0 Å². The third kappa shape index (κ3) is 3.84. The Balaban J connectivity index is 2.78. The number of pyridine rings is 1. The monoisotopic (exact) mass is 241 g/mol. The molecule has 0 aliphatic heterocycles. The van der Waals surface area contributed by atoms with Crippen LogP contribution in [0.1, 0.15) is 0 Å². The van der Waals surface area contributed by atoms with Gasteiger partial charge in [-0.05, 0) is 12.1 Å². The van der Waals surface area contributed by atoms with Gasteiger partial charge in [0.2, 0.25) is 0 Å². The number of alkyl halides is 3. The van der Waals surface area contributed by atoms with Crippen LogP contribution in [0, 0.1) is 0 Å². The normalized spacial score (nSPS) is 12.7. The number of hydrogen-bond donors (Lipinski definition) is 0. The molecule has 1 rings (SSSR count). The molecule has 0 atom stereocenters. The average Bonchev–Trinajstić information content (AvgIpc) is 2.16. The van der Waals surface area contributed by atoms with Gasteiger partial charge in [0.1, 0.15) is 0 Å². The zero-order valence-electron chi connectivity index (χ0n) is 7.23. The van der Waals surface area contributed by atoms with Crippen LogP contribution in [0.3, 0.4) is 0 Å². The second kappa shape index (κ2) is 4.15. The third-order valence-corrected chi connectivity index (χ3v) is 2.45. The van der Waals surface area contributed by atoms with Crippen LogP contribution in [-0.2, 0) is 14.3 Å². The van der Waals surface area contributed by atoms with Gasteiger partial charge in [-0.3, -0.25) is 4.18 Å². The highest BCUT2D eigenvalue weighted by molar-refractivity contribution is 7.86. The topological polar surface area (TPSA) is 56.3 Å². The molecular weight excluding hydrogens is 235 g/mol. The van der Waals surface area contributed by atoms with Crippen LogP contribution in [0.25, 0.3) is 0 Å². The van der Waals surface area contributed by atoms with Crippen molar-refractivity contribution in [2.75, 3.05) is 6.61 Å². The maximum atomic E-state index is 11.7. The standard InChI is InChI=1S/C7H6F3NO3S/c8-7(9,10)5-14-15(12,13)6-3-1-2-4-11-6/h1-4H,5H2. The molecule has 0 fully saturated rings. The molecule has 8 heteroatoms. The Morgan fingerprint density at radius 2 is 2.00 bits per heavy atom. The van der Waals surface area contributed by atoms with Crippen molar-refractivity contribution in [1.82, 2.24) is 4.98 Å². The summed E-state index contributed by atoms with van der Waals surface area (Å²) in [5, 5.41) is -0.547. The van der Waals surface area contributed by atoms with E-state index in [1.807, 2.05) is 0 Å². The molecule has 4 nitrogen and oxygen atoms in total. The first kappa shape index (κ1) is 11.9. The highest BCUT2D eigenvalue weighted by Crippen LogP contribution is 2.18. The molecular formula is C7H6F3NO3S. The minimum atomic E-state index is -4.69. The number of aromatic nitrogens is 1. The van der Waals surface area contributed by atoms with E-state index in [2.05, 4.69) is 9.17 Å². The van der Waals surface area contributed by atoms with E-state index < -0.39 is 27.9 Å². The van der Waals surface area contributed by atoms with Crippen molar-refractivity contribution in [3.63, 3.8) is 0 Å². The van der Waals surface area contributed by atoms with Gasteiger partial charge < -0.3 is 0 Å². The van der Waals surface area contributed by atoms with Crippen molar-refractivity contribution >= 4 is 10.1 Å². The summed E-state index contributed by atoms with van der Waals surface area (Å²) in [4.78, 5) is 3.37. The van der Waals surface area contributed by atoms with Gasteiger partial charge >= 0.3 is 16.3 Å². The minimum Gasteiger partial charge on any atom is -0.256 e. The fraction of sp³-hybridized carbons (Fsp3) is 0.286. The second-order valence-electron chi connectivity index (χ2n) is 2.50. The van der Waals surface area contributed by atoms with Crippen LogP contribution < -0.4 is 0 Å². The largest absolute Gasteiger partial charge is 0.413 e. The molecule has 0 aliphatic carbocycles. The number of hydrogen-bond acceptors (Lipinski definition) is 4. The van der Waals surface area contributed by atoms with Crippen LogP contribution >= 0.6 is 0 Å². The van der Waals surface area contributed by atoms with Gasteiger partial charge in [0, 0.05) is 6.20 Å². The quantitative estimate of drug-likeness (QED) is 0.749. The Morgan fingerprint density at radius 1 is 1.33 bits per heavy atom. The van der Waals surface area contributed by atoms with E-state index in [9.17, 15) is 21.6 Å². The molecule has 0 radical (unpaired) electrons. The predicted molar refractivity (Wildman–Crippen MR) is 43.4 cm³/mol. The first-order chi connectivity index (χ1) is 6.81. The molecule has 0 spiro atoms. The maximum absolute atomic E-state index is 11.7. The van der Waals surface area contributed by atoms with Crippen molar-refractivity contribution in [2.24, 2.45) is 0 Å². The number of rotatable bonds is 3. The lowest BCUT2D eigenvalue weighted by molar-refractivity contribution is -0.152. The van der Waals surface area contributed by atoms with E-state index in [1.54, 1.807) is 0 Å². The van der Waals surface area contributed by atoms with Gasteiger partial charge in [0.25, 0.3) is 0 Å². The van der Waals surface area contributed by atoms with Crippen molar-refractivity contribution in [1.29, 1.82) is 0 Å². The zero-order valence-corrected chi connectivity index (χ0v) is 8.05. The van der Waals surface area contributed by atoms with Gasteiger partial charge in [-0.15, -0.1) is 0 Å². The SMILES string of the molecule is O=S(=O)(OCC(F)(F)F)c1ccccn1. The summed E-state index contributed by atoms with van der Waals surface area (Å²) in [5.41, 5.74) is 0. The average molecular weight is 241 g/mol. The highest BCUT2D eigenvalue weighted by atomic mass is 32.2. The lowest BCUT2D eigenvalue weighted by Crippen LogP contribution is -2.21. The van der Waals surface area contributed by atoms with Crippen LogP contribution in [0.2, 0.25) is 0 Å². The third-order valence-electron chi connectivity index (χ3n) is 1.27. The van der Waals surface area contributed by atoms with Crippen molar-refractivity contribution < 1.29 is 25.8 Å². The number of halogens is 3. The summed E-state index contributed by atoms with van der Waals surface area (Å²) in [6.07, 6.45) is -3.55. The molecule has 0 saturated heterocycles. The van der Waals surface area contributed by atoms with Gasteiger partial charge in [0.05, 0.1) is 0 Å². The Morgan fingerprint density at radius 3 is 2.47 bits per heavy atom. The molecule has 15 heavy (non-hydrogen) atoms. The van der Waals surface area contributed by atoms with Crippen LogP contribution in [0.4, 0.5) is 13.2 Å². The Kier molecular flexibility index (Phi) is 3.30. The summed E-state index contributed by atoms with van der Waals surface area (Å²) in [6.45, 7) is -1.86. The second-order valence-corrected chi connectivity index (χ2v) is 4.06. The van der Waals surface area contributed by atoms with Gasteiger partial charge in [-0.2, -0.15) is 21.6 Å². The Labute approximate surface area is 83.8 Å². The lowest BCUT2D eigenvalue weighted by atomic mass is 10.5. The first-order valence-electron chi connectivity index (χ1n) is 3.68. The molecule has 0 saturated carbocycles. The number of nitrogens with zero attached hydrogens (tertiary/aromatic N) is 1. The van der Waals surface area contributed by atoms with E-state index in [-0.39, 0.29) is 0 Å². The minimum absolute atomic E-state index is 0.547. The predicted octanol–water partition coefficient (Wildman–Crippen LogP) is 1.35. The summed E-state index contributed by atoms with van der Waals surface area (Å²) in [5.74, 6) is 0. The van der Waals surface area contributed by atoms with Gasteiger partial charge in [0.15, 0.2) is 11.6 Å². The zero-order chi connectivity index (χ0) is 11.5. The van der Waals surface area contributed by atoms with E-state index in [4.69, 9.17) is 0 Å². The molecule has 0 aliphatic rings. The smallest absolute Gasteiger partial charge is 0.256 e. The fourth-order valence-electron chi connectivity index (χ4n) is 0.700. The molecule has 84 valence electrons. The van der Waals surface area contributed by atoms with Gasteiger partial charge in [-0.1, -0.05) is 6.07 Å². The highest BCUT2D eigenvalue weighted by Gasteiger charge is 2.31. The summed E-state index contributed by atoms with van der Waals surface area (Å²) in [7, 11) is -4.42. The lowest BCUT2D eigenvalue weighted by Gasteiger charge is -2.06. The summed E-state index contributed by atoms with van der Waals surface area (Å²) in [6, 6.07) is 3.81. The van der Waals surface area contributed by atoms with Crippen molar-refractivity contribution in [3.05, 3.63) is 24.4 Å². The Bertz CT molecular complexity index is 415. The molecule has 0 amide bonds. The molecule has 1 aromatic rings. The van der Waals surface area contributed by atoms with Crippen LogP contribution in [0.5, 0.6) is 0 Å². The van der Waals surface area contributed by atoms with E-state index in [1.165, 1.54) is 12.1 Å². The molecule has 0 aromatic carbocycles. The molecule has 1 heterocycles. The molecule has 1 aromatic heterocycles. The molecule has 0 N–H and O–H groups in total.